The largest absolute Gasteiger partial charge is 0.489 e. The van der Waals surface area contributed by atoms with Crippen molar-refractivity contribution in [3.05, 3.63) is 58.9 Å². The smallest absolute Gasteiger partial charge is 0.131 e. The molecule has 0 saturated heterocycles. The summed E-state index contributed by atoms with van der Waals surface area (Å²) >= 11 is 0. The molecule has 2 N–H and O–H groups in total. The van der Waals surface area contributed by atoms with Crippen LogP contribution in [0.2, 0.25) is 0 Å². The summed E-state index contributed by atoms with van der Waals surface area (Å²) in [6.45, 7) is 8.72. The first-order valence-corrected chi connectivity index (χ1v) is 7.05. The Morgan fingerprint density at radius 1 is 1.10 bits per heavy atom. The molecule has 0 aliphatic rings. The molecule has 0 aliphatic carbocycles. The summed E-state index contributed by atoms with van der Waals surface area (Å²) in [5.74, 6) is 0.443. The average Bonchev–Trinajstić information content (AvgIpc) is 2.38. The zero-order valence-corrected chi connectivity index (χ0v) is 13.0. The predicted octanol–water partition coefficient (Wildman–Crippen LogP) is 4.59. The first-order chi connectivity index (χ1) is 9.77. The molecule has 21 heavy (non-hydrogen) atoms. The normalized spacial score (nSPS) is 11.5. The Labute approximate surface area is 125 Å². The molecule has 0 aromatic heterocycles. The molecule has 0 spiro atoms. The first-order valence-electron chi connectivity index (χ1n) is 7.05. The van der Waals surface area contributed by atoms with Gasteiger partial charge in [0.1, 0.15) is 18.2 Å². The maximum Gasteiger partial charge on any atom is 0.131 e. The third kappa shape index (κ3) is 3.75. The summed E-state index contributed by atoms with van der Waals surface area (Å²) in [7, 11) is 0. The van der Waals surface area contributed by atoms with Gasteiger partial charge in [0.2, 0.25) is 0 Å². The van der Waals surface area contributed by atoms with Gasteiger partial charge in [0.05, 0.1) is 0 Å². The van der Waals surface area contributed by atoms with E-state index in [2.05, 4.69) is 32.9 Å². The van der Waals surface area contributed by atoms with E-state index in [0.717, 1.165) is 11.3 Å². The molecule has 2 rings (SSSR count). The van der Waals surface area contributed by atoms with Crippen molar-refractivity contribution < 1.29 is 9.13 Å². The minimum atomic E-state index is -0.334. The molecule has 0 fully saturated rings. The second-order valence-electron chi connectivity index (χ2n) is 6.37. The SMILES string of the molecule is Cc1cc(C(C)(C)C)ccc1OCc1ccc(N)cc1F. The number of anilines is 1. The van der Waals surface area contributed by atoms with Crippen molar-refractivity contribution >= 4 is 5.69 Å². The van der Waals surface area contributed by atoms with Crippen molar-refractivity contribution in [1.82, 2.24) is 0 Å². The molecule has 0 bridgehead atoms. The van der Waals surface area contributed by atoms with Gasteiger partial charge in [-0.05, 0) is 41.7 Å². The van der Waals surface area contributed by atoms with Crippen molar-refractivity contribution in [2.45, 2.75) is 39.7 Å². The maximum absolute atomic E-state index is 13.7. The van der Waals surface area contributed by atoms with Gasteiger partial charge in [0, 0.05) is 11.3 Å². The lowest BCUT2D eigenvalue weighted by Gasteiger charge is -2.20. The zero-order chi connectivity index (χ0) is 15.6. The van der Waals surface area contributed by atoms with Crippen LogP contribution < -0.4 is 10.5 Å². The van der Waals surface area contributed by atoms with E-state index in [4.69, 9.17) is 10.5 Å². The maximum atomic E-state index is 13.7. The van der Waals surface area contributed by atoms with E-state index in [1.165, 1.54) is 11.6 Å². The van der Waals surface area contributed by atoms with E-state index < -0.39 is 0 Å². The number of benzene rings is 2. The molecule has 2 aromatic rings. The van der Waals surface area contributed by atoms with Gasteiger partial charge < -0.3 is 10.5 Å². The Morgan fingerprint density at radius 2 is 1.81 bits per heavy atom. The van der Waals surface area contributed by atoms with E-state index in [9.17, 15) is 4.39 Å². The fourth-order valence-electron chi connectivity index (χ4n) is 2.11. The highest BCUT2D eigenvalue weighted by molar-refractivity contribution is 5.41. The van der Waals surface area contributed by atoms with Crippen LogP contribution in [-0.2, 0) is 12.0 Å². The Hall–Kier alpha value is -2.03. The fraction of sp³-hybridized carbons (Fsp3) is 0.333. The standard InChI is InChI=1S/C18H22FNO/c1-12-9-14(18(2,3)4)6-8-17(12)21-11-13-5-7-15(20)10-16(13)19/h5-10H,11,20H2,1-4H3. The number of rotatable bonds is 3. The quantitative estimate of drug-likeness (QED) is 0.838. The first kappa shape index (κ1) is 15.4. The molecule has 2 aromatic carbocycles. The molecular weight excluding hydrogens is 265 g/mol. The van der Waals surface area contributed by atoms with E-state index in [-0.39, 0.29) is 17.8 Å². The molecule has 0 radical (unpaired) electrons. The summed E-state index contributed by atoms with van der Waals surface area (Å²) in [6, 6.07) is 10.8. The van der Waals surface area contributed by atoms with Gasteiger partial charge in [0.15, 0.2) is 0 Å². The molecule has 112 valence electrons. The Bertz CT molecular complexity index is 644. The van der Waals surface area contributed by atoms with Gasteiger partial charge in [0.25, 0.3) is 0 Å². The Balaban J connectivity index is 2.13. The molecule has 3 heteroatoms. The highest BCUT2D eigenvalue weighted by atomic mass is 19.1. The van der Waals surface area contributed by atoms with Crippen molar-refractivity contribution in [3.63, 3.8) is 0 Å². The number of aryl methyl sites for hydroxylation is 1. The van der Waals surface area contributed by atoms with Crippen LogP contribution >= 0.6 is 0 Å². The third-order valence-corrected chi connectivity index (χ3v) is 3.50. The van der Waals surface area contributed by atoms with E-state index in [1.807, 2.05) is 13.0 Å². The van der Waals surface area contributed by atoms with Crippen LogP contribution in [0, 0.1) is 12.7 Å². The number of nitrogens with two attached hydrogens (primary N) is 1. The lowest BCUT2D eigenvalue weighted by Crippen LogP contribution is -2.11. The zero-order valence-electron chi connectivity index (χ0n) is 13.0. The van der Waals surface area contributed by atoms with E-state index >= 15 is 0 Å². The monoisotopic (exact) mass is 287 g/mol. The van der Waals surface area contributed by atoms with Crippen LogP contribution in [0.25, 0.3) is 0 Å². The van der Waals surface area contributed by atoms with Crippen molar-refractivity contribution in [3.8, 4) is 5.75 Å². The number of hydrogen-bond donors (Lipinski definition) is 1. The molecule has 0 aliphatic heterocycles. The fourth-order valence-corrected chi connectivity index (χ4v) is 2.11. The number of halogens is 1. The van der Waals surface area contributed by atoms with Gasteiger partial charge in [-0.25, -0.2) is 4.39 Å². The summed E-state index contributed by atoms with van der Waals surface area (Å²) in [6.07, 6.45) is 0. The second kappa shape index (κ2) is 5.76. The van der Waals surface area contributed by atoms with E-state index in [1.54, 1.807) is 12.1 Å². The van der Waals surface area contributed by atoms with Gasteiger partial charge in [-0.3, -0.25) is 0 Å². The number of nitrogen functional groups attached to an aromatic ring is 1. The van der Waals surface area contributed by atoms with Crippen molar-refractivity contribution in [1.29, 1.82) is 0 Å². The summed E-state index contributed by atoms with van der Waals surface area (Å²) in [4.78, 5) is 0. The van der Waals surface area contributed by atoms with Crippen LogP contribution in [0.1, 0.15) is 37.5 Å². The highest BCUT2D eigenvalue weighted by Gasteiger charge is 2.15. The van der Waals surface area contributed by atoms with E-state index in [0.29, 0.717) is 11.3 Å². The van der Waals surface area contributed by atoms with Gasteiger partial charge >= 0.3 is 0 Å². The van der Waals surface area contributed by atoms with Gasteiger partial charge in [-0.2, -0.15) is 0 Å². The average molecular weight is 287 g/mol. The summed E-state index contributed by atoms with van der Waals surface area (Å²) in [5, 5.41) is 0. The van der Waals surface area contributed by atoms with Crippen LogP contribution in [0.3, 0.4) is 0 Å². The van der Waals surface area contributed by atoms with Crippen LogP contribution in [0.5, 0.6) is 5.75 Å². The molecule has 0 saturated carbocycles. The van der Waals surface area contributed by atoms with Crippen molar-refractivity contribution in [2.24, 2.45) is 0 Å². The summed E-state index contributed by atoms with van der Waals surface area (Å²) in [5.41, 5.74) is 8.87. The molecule has 0 unspecified atom stereocenters. The lowest BCUT2D eigenvalue weighted by atomic mass is 9.86. The minimum Gasteiger partial charge on any atom is -0.489 e. The Kier molecular flexibility index (Phi) is 4.21. The molecule has 0 amide bonds. The number of ether oxygens (including phenoxy) is 1. The second-order valence-corrected chi connectivity index (χ2v) is 6.37. The van der Waals surface area contributed by atoms with Crippen LogP contribution in [0.15, 0.2) is 36.4 Å². The topological polar surface area (TPSA) is 35.2 Å². The molecule has 0 atom stereocenters. The minimum absolute atomic E-state index is 0.104. The highest BCUT2D eigenvalue weighted by Crippen LogP contribution is 2.28. The Morgan fingerprint density at radius 3 is 2.38 bits per heavy atom. The number of hydrogen-bond acceptors (Lipinski definition) is 2. The van der Waals surface area contributed by atoms with Crippen LogP contribution in [-0.4, -0.2) is 0 Å². The predicted molar refractivity (Wildman–Crippen MR) is 85.0 cm³/mol. The van der Waals surface area contributed by atoms with Gasteiger partial charge in [-0.15, -0.1) is 0 Å². The summed E-state index contributed by atoms with van der Waals surface area (Å²) < 4.78 is 19.4. The third-order valence-electron chi connectivity index (χ3n) is 3.50. The van der Waals surface area contributed by atoms with Crippen LogP contribution in [0.4, 0.5) is 10.1 Å². The van der Waals surface area contributed by atoms with Crippen molar-refractivity contribution in [2.75, 3.05) is 5.73 Å². The van der Waals surface area contributed by atoms with Gasteiger partial charge in [-0.1, -0.05) is 39.0 Å². The molecule has 0 heterocycles. The lowest BCUT2D eigenvalue weighted by molar-refractivity contribution is 0.297. The molecular formula is C18H22FNO. The molecule has 2 nitrogen and oxygen atoms in total.